The minimum Gasteiger partial charge on any atom is -0.487 e. The van der Waals surface area contributed by atoms with Gasteiger partial charge in [0.25, 0.3) is 0 Å². The third-order valence-corrected chi connectivity index (χ3v) is 5.34. The molecule has 6 heteroatoms. The first-order valence-corrected chi connectivity index (χ1v) is 9.75. The molecule has 1 N–H and O–H groups in total. The molecule has 146 valence electrons. The van der Waals surface area contributed by atoms with Crippen LogP contribution in [0.15, 0.2) is 66.9 Å². The number of ether oxygens (including phenoxy) is 1. The smallest absolute Gasteiger partial charge is 0.234 e. The van der Waals surface area contributed by atoms with Crippen molar-refractivity contribution in [1.82, 2.24) is 10.3 Å². The van der Waals surface area contributed by atoms with Gasteiger partial charge in [-0.25, -0.2) is 0 Å². The molecule has 29 heavy (non-hydrogen) atoms. The van der Waals surface area contributed by atoms with Gasteiger partial charge in [-0.15, -0.1) is 0 Å². The number of amides is 2. The molecule has 3 aromatic rings. The fraction of sp³-hybridized carbons (Fsp3) is 0.174. The SMILES string of the molecule is O=C1CC[C@H](c2cccc(-c3ccc(OCc4ccccn4)cc3)c2Cl)C(=O)N1. The lowest BCUT2D eigenvalue weighted by Gasteiger charge is -2.23. The highest BCUT2D eigenvalue weighted by molar-refractivity contribution is 6.34. The van der Waals surface area contributed by atoms with Crippen LogP contribution in [-0.2, 0) is 16.2 Å². The lowest BCUT2D eigenvalue weighted by Crippen LogP contribution is -2.39. The Labute approximate surface area is 173 Å². The van der Waals surface area contributed by atoms with Crippen molar-refractivity contribution in [3.63, 3.8) is 0 Å². The van der Waals surface area contributed by atoms with Crippen molar-refractivity contribution in [2.24, 2.45) is 0 Å². The molecule has 0 bridgehead atoms. The molecule has 1 atom stereocenters. The Kier molecular flexibility index (Phi) is 5.58. The van der Waals surface area contributed by atoms with Gasteiger partial charge in [-0.2, -0.15) is 0 Å². The fourth-order valence-electron chi connectivity index (χ4n) is 3.40. The molecule has 1 aromatic heterocycles. The van der Waals surface area contributed by atoms with E-state index in [0.717, 1.165) is 28.1 Å². The van der Waals surface area contributed by atoms with Gasteiger partial charge in [-0.3, -0.25) is 19.9 Å². The molecule has 1 aliphatic heterocycles. The topological polar surface area (TPSA) is 68.3 Å². The monoisotopic (exact) mass is 406 g/mol. The lowest BCUT2D eigenvalue weighted by molar-refractivity contribution is -0.134. The number of pyridine rings is 1. The maximum atomic E-state index is 12.2. The second-order valence-corrected chi connectivity index (χ2v) is 7.22. The molecular weight excluding hydrogens is 388 g/mol. The number of halogens is 1. The molecular formula is C23H19ClN2O3. The highest BCUT2D eigenvalue weighted by Gasteiger charge is 2.30. The minimum absolute atomic E-state index is 0.236. The Morgan fingerprint density at radius 2 is 1.86 bits per heavy atom. The molecule has 1 fully saturated rings. The van der Waals surface area contributed by atoms with Gasteiger partial charge in [0.2, 0.25) is 11.8 Å². The number of imide groups is 1. The van der Waals surface area contributed by atoms with Crippen LogP contribution in [-0.4, -0.2) is 16.8 Å². The number of carbonyl (C=O) groups excluding carboxylic acids is 2. The number of carbonyl (C=O) groups is 2. The summed E-state index contributed by atoms with van der Waals surface area (Å²) in [6.07, 6.45) is 2.52. The van der Waals surface area contributed by atoms with E-state index in [9.17, 15) is 9.59 Å². The maximum Gasteiger partial charge on any atom is 0.234 e. The van der Waals surface area contributed by atoms with Crippen LogP contribution < -0.4 is 10.1 Å². The summed E-state index contributed by atoms with van der Waals surface area (Å²) in [5, 5.41) is 2.92. The number of benzene rings is 2. The number of hydrogen-bond acceptors (Lipinski definition) is 4. The Bertz CT molecular complexity index is 1040. The number of aromatic nitrogens is 1. The van der Waals surface area contributed by atoms with Crippen molar-refractivity contribution in [3.05, 3.63) is 83.1 Å². The fourth-order valence-corrected chi connectivity index (χ4v) is 3.77. The first-order valence-electron chi connectivity index (χ1n) is 9.37. The lowest BCUT2D eigenvalue weighted by atomic mass is 9.88. The van der Waals surface area contributed by atoms with Crippen LogP contribution in [0.2, 0.25) is 5.02 Å². The average Bonchev–Trinajstić information content (AvgIpc) is 2.74. The molecule has 0 aliphatic carbocycles. The van der Waals surface area contributed by atoms with Gasteiger partial charge < -0.3 is 4.74 Å². The summed E-state index contributed by atoms with van der Waals surface area (Å²) in [4.78, 5) is 27.9. The zero-order chi connectivity index (χ0) is 20.2. The van der Waals surface area contributed by atoms with Gasteiger partial charge >= 0.3 is 0 Å². The van der Waals surface area contributed by atoms with E-state index in [2.05, 4.69) is 10.3 Å². The molecule has 2 heterocycles. The van der Waals surface area contributed by atoms with Gasteiger partial charge in [-0.05, 0) is 41.8 Å². The summed E-state index contributed by atoms with van der Waals surface area (Å²) < 4.78 is 5.78. The number of rotatable bonds is 5. The molecule has 2 amide bonds. The highest BCUT2D eigenvalue weighted by atomic mass is 35.5. The van der Waals surface area contributed by atoms with Crippen LogP contribution in [0.25, 0.3) is 11.1 Å². The normalized spacial score (nSPS) is 16.4. The van der Waals surface area contributed by atoms with Gasteiger partial charge in [0.15, 0.2) is 0 Å². The first kappa shape index (κ1) is 19.2. The molecule has 2 aromatic carbocycles. The zero-order valence-corrected chi connectivity index (χ0v) is 16.4. The van der Waals surface area contributed by atoms with Crippen LogP contribution in [0.3, 0.4) is 0 Å². The van der Waals surface area contributed by atoms with E-state index < -0.39 is 5.92 Å². The molecule has 1 aliphatic rings. The summed E-state index contributed by atoms with van der Waals surface area (Å²) in [6.45, 7) is 0.395. The largest absolute Gasteiger partial charge is 0.487 e. The Hall–Kier alpha value is -3.18. The maximum absolute atomic E-state index is 12.2. The summed E-state index contributed by atoms with van der Waals surface area (Å²) >= 11 is 6.65. The van der Waals surface area contributed by atoms with E-state index in [4.69, 9.17) is 16.3 Å². The quantitative estimate of drug-likeness (QED) is 0.633. The van der Waals surface area contributed by atoms with Crippen LogP contribution in [0, 0.1) is 0 Å². The third-order valence-electron chi connectivity index (χ3n) is 4.92. The van der Waals surface area contributed by atoms with E-state index in [1.807, 2.05) is 60.7 Å². The molecule has 0 spiro atoms. The van der Waals surface area contributed by atoms with Crippen LogP contribution >= 0.6 is 11.6 Å². The summed E-state index contributed by atoms with van der Waals surface area (Å²) in [6, 6.07) is 19.0. The van der Waals surface area contributed by atoms with Gasteiger partial charge in [0, 0.05) is 18.2 Å². The van der Waals surface area contributed by atoms with Gasteiger partial charge in [-0.1, -0.05) is 48.0 Å². The van der Waals surface area contributed by atoms with Crippen LogP contribution in [0.4, 0.5) is 0 Å². The second-order valence-electron chi connectivity index (χ2n) is 6.85. The van der Waals surface area contributed by atoms with Crippen LogP contribution in [0.1, 0.15) is 30.0 Å². The Balaban J connectivity index is 1.52. The van der Waals surface area contributed by atoms with E-state index >= 15 is 0 Å². The van der Waals surface area contributed by atoms with E-state index in [1.165, 1.54) is 0 Å². The number of piperidine rings is 1. The third kappa shape index (κ3) is 4.30. The van der Waals surface area contributed by atoms with E-state index in [0.29, 0.717) is 24.5 Å². The summed E-state index contributed by atoms with van der Waals surface area (Å²) in [5.74, 6) is -0.212. The van der Waals surface area contributed by atoms with E-state index in [-0.39, 0.29) is 11.8 Å². The van der Waals surface area contributed by atoms with Crippen LogP contribution in [0.5, 0.6) is 5.75 Å². The van der Waals surface area contributed by atoms with Crippen molar-refractivity contribution in [3.8, 4) is 16.9 Å². The van der Waals surface area contributed by atoms with Crippen molar-refractivity contribution in [2.45, 2.75) is 25.4 Å². The predicted octanol–water partition coefficient (Wildman–Crippen LogP) is 4.50. The second kappa shape index (κ2) is 8.45. The number of nitrogens with zero attached hydrogens (tertiary/aromatic N) is 1. The zero-order valence-electron chi connectivity index (χ0n) is 15.6. The summed E-state index contributed by atoms with van der Waals surface area (Å²) in [5.41, 5.74) is 3.36. The summed E-state index contributed by atoms with van der Waals surface area (Å²) in [7, 11) is 0. The molecule has 5 nitrogen and oxygen atoms in total. The number of nitrogens with one attached hydrogen (secondary N) is 1. The molecule has 0 saturated carbocycles. The van der Waals surface area contributed by atoms with Gasteiger partial charge in [0.05, 0.1) is 16.6 Å². The first-order chi connectivity index (χ1) is 14.1. The molecule has 4 rings (SSSR count). The molecule has 0 radical (unpaired) electrons. The average molecular weight is 407 g/mol. The standard InChI is InChI=1S/C23H19ClN2O3/c24-22-18(5-3-6-19(22)20-11-12-21(27)26-23(20)28)15-7-9-17(10-8-15)29-14-16-4-1-2-13-25-16/h1-10,13,20H,11-12,14H2,(H,26,27,28)/t20-/m1/s1. The van der Waals surface area contributed by atoms with Crippen molar-refractivity contribution < 1.29 is 14.3 Å². The van der Waals surface area contributed by atoms with Crippen molar-refractivity contribution in [1.29, 1.82) is 0 Å². The Morgan fingerprint density at radius 1 is 1.03 bits per heavy atom. The van der Waals surface area contributed by atoms with Gasteiger partial charge in [0.1, 0.15) is 12.4 Å². The van der Waals surface area contributed by atoms with Crippen molar-refractivity contribution >= 4 is 23.4 Å². The van der Waals surface area contributed by atoms with Crippen molar-refractivity contribution in [2.75, 3.05) is 0 Å². The van der Waals surface area contributed by atoms with E-state index in [1.54, 1.807) is 6.20 Å². The Morgan fingerprint density at radius 3 is 2.59 bits per heavy atom. The highest BCUT2D eigenvalue weighted by Crippen LogP contribution is 2.37. The molecule has 1 saturated heterocycles. The minimum atomic E-state index is -0.416. The number of hydrogen-bond donors (Lipinski definition) is 1. The molecule has 0 unspecified atom stereocenters. The predicted molar refractivity (Wildman–Crippen MR) is 111 cm³/mol.